The van der Waals surface area contributed by atoms with Crippen molar-refractivity contribution < 1.29 is 27.4 Å². The van der Waals surface area contributed by atoms with Crippen molar-refractivity contribution in [2.45, 2.75) is 145 Å². The van der Waals surface area contributed by atoms with Gasteiger partial charge in [0, 0.05) is 12.8 Å². The van der Waals surface area contributed by atoms with Gasteiger partial charge in [0.2, 0.25) is 5.92 Å². The molecule has 0 radical (unpaired) electrons. The lowest BCUT2D eigenvalue weighted by atomic mass is 9.46. The molecule has 7 heteroatoms. The van der Waals surface area contributed by atoms with Gasteiger partial charge in [0.25, 0.3) is 0 Å². The Morgan fingerprint density at radius 3 is 2.20 bits per heavy atom. The number of halogens is 2. The molecule has 4 nitrogen and oxygen atoms in total. The zero-order chi connectivity index (χ0) is 31.8. The van der Waals surface area contributed by atoms with Gasteiger partial charge in [-0.2, -0.15) is 0 Å². The molecule has 5 aliphatic rings. The van der Waals surface area contributed by atoms with Crippen LogP contribution in [0.2, 0.25) is 0 Å². The van der Waals surface area contributed by atoms with Gasteiger partial charge >= 0.3 is 0 Å². The van der Waals surface area contributed by atoms with Crippen molar-refractivity contribution in [1.82, 2.24) is 0 Å². The largest absolute Gasteiger partial charge is 0.390 e. The third-order valence-corrected chi connectivity index (χ3v) is 16.5. The topological polar surface area (TPSA) is 74.6 Å². The zero-order valence-corrected chi connectivity index (χ0v) is 28.0. The second-order valence-corrected chi connectivity index (χ2v) is 18.4. The second kappa shape index (κ2) is 11.1. The van der Waals surface area contributed by atoms with Crippen molar-refractivity contribution in [3.8, 4) is 0 Å². The number of rotatable bonds is 7. The van der Waals surface area contributed by atoms with Gasteiger partial charge in [-0.15, -0.1) is 0 Å². The maximum atomic E-state index is 14.4. The van der Waals surface area contributed by atoms with Crippen LogP contribution in [0.5, 0.6) is 0 Å². The van der Waals surface area contributed by atoms with E-state index in [9.17, 15) is 27.4 Å². The van der Waals surface area contributed by atoms with Crippen LogP contribution in [-0.2, 0) is 9.84 Å². The van der Waals surface area contributed by atoms with Crippen LogP contribution in [0.15, 0.2) is 46.9 Å². The summed E-state index contributed by atoms with van der Waals surface area (Å²) >= 11 is 0. The van der Waals surface area contributed by atoms with E-state index in [2.05, 4.69) is 33.8 Å². The van der Waals surface area contributed by atoms with Gasteiger partial charge in [0.05, 0.1) is 21.3 Å². The molecule has 0 amide bonds. The molecule has 1 aromatic rings. The fourth-order valence-electron chi connectivity index (χ4n) is 11.2. The monoisotopic (exact) mass is 632 g/mol. The first-order valence-electron chi connectivity index (χ1n) is 17.4. The lowest BCUT2D eigenvalue weighted by Crippen LogP contribution is -2.53. The Hall–Kier alpha value is -1.31. The average Bonchev–Trinajstić information content (AvgIpc) is 3.35. The number of fused-ring (bicyclic) bond motifs is 5. The summed E-state index contributed by atoms with van der Waals surface area (Å²) in [7, 11) is -3.81. The normalized spacial score (nSPS) is 41.0. The van der Waals surface area contributed by atoms with E-state index in [0.29, 0.717) is 17.8 Å². The van der Waals surface area contributed by atoms with Gasteiger partial charge in [-0.25, -0.2) is 17.2 Å². The number of hydrogen-bond acceptors (Lipinski definition) is 4. The molecule has 246 valence electrons. The van der Waals surface area contributed by atoms with Crippen LogP contribution >= 0.6 is 0 Å². The van der Waals surface area contributed by atoms with E-state index in [0.717, 1.165) is 57.8 Å². The lowest BCUT2D eigenvalue weighted by molar-refractivity contribution is -0.109. The van der Waals surface area contributed by atoms with Crippen LogP contribution < -0.4 is 0 Å². The fourth-order valence-corrected chi connectivity index (χ4v) is 13.4. The molecule has 0 bridgehead atoms. The number of aliphatic hydroxyl groups is 2. The van der Waals surface area contributed by atoms with Gasteiger partial charge in [0.15, 0.2) is 9.84 Å². The zero-order valence-electron chi connectivity index (χ0n) is 27.2. The number of hydrogen-bond donors (Lipinski definition) is 2. The van der Waals surface area contributed by atoms with E-state index in [1.54, 1.807) is 30.3 Å². The molecule has 2 N–H and O–H groups in total. The van der Waals surface area contributed by atoms with Crippen molar-refractivity contribution in [3.05, 3.63) is 42.0 Å². The van der Waals surface area contributed by atoms with E-state index >= 15 is 0 Å². The van der Waals surface area contributed by atoms with E-state index in [1.165, 1.54) is 5.57 Å². The van der Waals surface area contributed by atoms with E-state index in [1.807, 2.05) is 0 Å². The summed E-state index contributed by atoms with van der Waals surface area (Å²) in [6.45, 7) is 9.01. The molecule has 5 aliphatic carbocycles. The van der Waals surface area contributed by atoms with Crippen molar-refractivity contribution in [2.24, 2.45) is 40.4 Å². The third-order valence-electron chi connectivity index (χ3n) is 14.2. The summed E-state index contributed by atoms with van der Waals surface area (Å²) in [5, 5.41) is 21.9. The van der Waals surface area contributed by atoms with Crippen molar-refractivity contribution in [1.29, 1.82) is 0 Å². The smallest absolute Gasteiger partial charge is 0.248 e. The maximum Gasteiger partial charge on any atom is 0.248 e. The average molecular weight is 633 g/mol. The molecular formula is C37H54F2O4S. The molecule has 44 heavy (non-hydrogen) atoms. The molecule has 0 spiro atoms. The predicted molar refractivity (Wildman–Crippen MR) is 170 cm³/mol. The summed E-state index contributed by atoms with van der Waals surface area (Å²) in [5.74, 6) is -1.18. The van der Waals surface area contributed by atoms with Crippen LogP contribution in [0.25, 0.3) is 0 Å². The molecule has 0 aromatic heterocycles. The summed E-state index contributed by atoms with van der Waals surface area (Å²) in [6.07, 6.45) is 10.3. The Balaban J connectivity index is 1.29. The molecule has 1 unspecified atom stereocenters. The number of sulfone groups is 1. The molecule has 4 saturated carbocycles. The number of alkyl halides is 2. The molecule has 9 atom stereocenters. The minimum atomic E-state index is -3.81. The number of benzene rings is 1. The van der Waals surface area contributed by atoms with Crippen LogP contribution in [-0.4, -0.2) is 41.0 Å². The lowest BCUT2D eigenvalue weighted by Gasteiger charge is -2.59. The Labute approximate surface area is 264 Å². The fraction of sp³-hybridized carbons (Fsp3) is 0.784. The van der Waals surface area contributed by atoms with Gasteiger partial charge in [-0.3, -0.25) is 0 Å². The predicted octanol–water partition coefficient (Wildman–Crippen LogP) is 8.52. The highest BCUT2D eigenvalue weighted by atomic mass is 32.2. The van der Waals surface area contributed by atoms with Gasteiger partial charge in [0.1, 0.15) is 0 Å². The van der Waals surface area contributed by atoms with Crippen LogP contribution in [0.1, 0.15) is 118 Å². The van der Waals surface area contributed by atoms with Gasteiger partial charge in [-0.1, -0.05) is 57.5 Å². The van der Waals surface area contributed by atoms with Gasteiger partial charge < -0.3 is 10.2 Å². The van der Waals surface area contributed by atoms with Crippen LogP contribution in [0.4, 0.5) is 8.78 Å². The second-order valence-electron chi connectivity index (χ2n) is 16.3. The molecule has 1 aromatic carbocycles. The summed E-state index contributed by atoms with van der Waals surface area (Å²) in [6, 6.07) is 8.53. The highest BCUT2D eigenvalue weighted by molar-refractivity contribution is 7.92. The summed E-state index contributed by atoms with van der Waals surface area (Å²) in [4.78, 5) is 0.257. The van der Waals surface area contributed by atoms with Crippen LogP contribution in [0, 0.1) is 40.4 Å². The van der Waals surface area contributed by atoms with Crippen molar-refractivity contribution in [2.75, 3.05) is 0 Å². The molecule has 4 fully saturated rings. The summed E-state index contributed by atoms with van der Waals surface area (Å²) in [5.41, 5.74) is -0.401. The quantitative estimate of drug-likeness (QED) is 0.296. The molecule has 0 aliphatic heterocycles. The SMILES string of the molecule is CC[C@]1(O)CC[C@@]2(C)C(=CC[C@H]3[C@@H]4CC[C@H]([C@H](C)C(CC5(O)CCC(F)(F)CC5)S(=O)(=O)c5ccccc5)[C@@]4(C)CC[C@@H]32)C1. The molecular weight excluding hydrogens is 578 g/mol. The molecule has 0 saturated heterocycles. The van der Waals surface area contributed by atoms with Crippen molar-refractivity contribution in [3.63, 3.8) is 0 Å². The summed E-state index contributed by atoms with van der Waals surface area (Å²) < 4.78 is 56.9. The van der Waals surface area contributed by atoms with Crippen molar-refractivity contribution >= 4 is 9.84 Å². The Morgan fingerprint density at radius 1 is 0.886 bits per heavy atom. The van der Waals surface area contributed by atoms with E-state index < -0.39 is 45.1 Å². The third kappa shape index (κ3) is 5.43. The van der Waals surface area contributed by atoms with E-state index in [-0.39, 0.29) is 46.8 Å². The Morgan fingerprint density at radius 2 is 1.55 bits per heavy atom. The Bertz CT molecular complexity index is 1350. The molecule has 0 heterocycles. The number of allylic oxidation sites excluding steroid dienone is 1. The minimum absolute atomic E-state index is 0.00617. The highest BCUT2D eigenvalue weighted by Crippen LogP contribution is 2.68. The van der Waals surface area contributed by atoms with Gasteiger partial charge in [-0.05, 0) is 130 Å². The standard InChI is InChI=1S/C37H54F2O4S/c1-5-35(40)18-17-33(3)26(23-35)11-12-28-30-14-13-29(34(30,4)16-15-31(28)33)25(2)32(44(42,43)27-9-7-6-8-10-27)24-36(41)19-21-37(38,39)22-20-36/h6-11,25,28-32,40-41H,5,12-24H2,1-4H3/t25-,28-,29+,30-,31-,32?,33-,34+,35-/m0/s1. The maximum absolute atomic E-state index is 14.4. The highest BCUT2D eigenvalue weighted by Gasteiger charge is 2.61. The minimum Gasteiger partial charge on any atom is -0.390 e. The van der Waals surface area contributed by atoms with E-state index in [4.69, 9.17) is 0 Å². The first kappa shape index (κ1) is 32.6. The van der Waals surface area contributed by atoms with Crippen LogP contribution in [0.3, 0.4) is 0 Å². The Kier molecular flexibility index (Phi) is 8.27. The first-order valence-corrected chi connectivity index (χ1v) is 18.9. The molecule has 6 rings (SSSR count). The first-order chi connectivity index (χ1) is 20.6.